The lowest BCUT2D eigenvalue weighted by atomic mass is 10.1. The summed E-state index contributed by atoms with van der Waals surface area (Å²) < 4.78 is 0. The molecule has 3 rings (SSSR count). The Kier molecular flexibility index (Phi) is 5.18. The van der Waals surface area contributed by atoms with E-state index in [0.29, 0.717) is 16.8 Å². The molecule has 1 amide bonds. The number of nitrogens with one attached hydrogen (secondary N) is 1. The number of carbonyl (C=O) groups is 1. The first-order chi connectivity index (χ1) is 12.6. The van der Waals surface area contributed by atoms with Gasteiger partial charge in [0.2, 0.25) is 0 Å². The Morgan fingerprint density at radius 2 is 1.92 bits per heavy atom. The standard InChI is InChI=1S/C20H19N3O3/c1-2-15-7-6-8-16(13-15)21-20(24)18-14-17(23(25)26)9-10-19(18)22-11-4-3-5-12-22/h1,6-10,13-14H,3-5,11-12H2,(H,21,24). The van der Waals surface area contributed by atoms with E-state index in [9.17, 15) is 14.9 Å². The van der Waals surface area contributed by atoms with Crippen molar-refractivity contribution in [3.63, 3.8) is 0 Å². The third-order valence-corrected chi connectivity index (χ3v) is 4.42. The van der Waals surface area contributed by atoms with Crippen LogP contribution in [0, 0.1) is 22.5 Å². The van der Waals surface area contributed by atoms with E-state index in [1.165, 1.54) is 12.1 Å². The zero-order chi connectivity index (χ0) is 18.5. The van der Waals surface area contributed by atoms with Gasteiger partial charge in [0.05, 0.1) is 16.2 Å². The lowest BCUT2D eigenvalue weighted by Crippen LogP contribution is -2.31. The van der Waals surface area contributed by atoms with Crippen LogP contribution in [0.3, 0.4) is 0 Å². The number of nitrogens with zero attached hydrogens (tertiary/aromatic N) is 2. The number of terminal acetylenes is 1. The number of hydrogen-bond acceptors (Lipinski definition) is 4. The third-order valence-electron chi connectivity index (χ3n) is 4.42. The predicted molar refractivity (Wildman–Crippen MR) is 101 cm³/mol. The molecular formula is C20H19N3O3. The average molecular weight is 349 g/mol. The SMILES string of the molecule is C#Cc1cccc(NC(=O)c2cc([N+](=O)[O-])ccc2N2CCCCC2)c1. The summed E-state index contributed by atoms with van der Waals surface area (Å²) in [6.07, 6.45) is 8.64. The van der Waals surface area contributed by atoms with E-state index in [4.69, 9.17) is 6.42 Å². The van der Waals surface area contributed by atoms with Gasteiger partial charge in [0.25, 0.3) is 11.6 Å². The number of carbonyl (C=O) groups excluding carboxylic acids is 1. The molecule has 0 unspecified atom stereocenters. The fraction of sp³-hybridized carbons (Fsp3) is 0.250. The maximum atomic E-state index is 12.8. The Morgan fingerprint density at radius 1 is 1.15 bits per heavy atom. The van der Waals surface area contributed by atoms with Crippen molar-refractivity contribution in [1.82, 2.24) is 0 Å². The first-order valence-corrected chi connectivity index (χ1v) is 8.50. The molecule has 1 heterocycles. The molecule has 1 N–H and O–H groups in total. The topological polar surface area (TPSA) is 75.5 Å². The van der Waals surface area contributed by atoms with E-state index >= 15 is 0 Å². The van der Waals surface area contributed by atoms with E-state index in [-0.39, 0.29) is 11.6 Å². The first-order valence-electron chi connectivity index (χ1n) is 8.50. The van der Waals surface area contributed by atoms with Crippen LogP contribution in [0.2, 0.25) is 0 Å². The summed E-state index contributed by atoms with van der Waals surface area (Å²) in [7, 11) is 0. The molecule has 6 heteroatoms. The normalized spacial score (nSPS) is 13.7. The van der Waals surface area contributed by atoms with Crippen LogP contribution in [0.25, 0.3) is 0 Å². The highest BCUT2D eigenvalue weighted by molar-refractivity contribution is 6.08. The second-order valence-corrected chi connectivity index (χ2v) is 6.19. The summed E-state index contributed by atoms with van der Waals surface area (Å²) >= 11 is 0. The van der Waals surface area contributed by atoms with Crippen molar-refractivity contribution in [2.45, 2.75) is 19.3 Å². The summed E-state index contributed by atoms with van der Waals surface area (Å²) in [5.74, 6) is 2.13. The molecular weight excluding hydrogens is 330 g/mol. The molecule has 1 saturated heterocycles. The van der Waals surface area contributed by atoms with Crippen LogP contribution < -0.4 is 10.2 Å². The number of rotatable bonds is 4. The first kappa shape index (κ1) is 17.5. The van der Waals surface area contributed by atoms with Gasteiger partial charge in [-0.3, -0.25) is 14.9 Å². The molecule has 132 valence electrons. The highest BCUT2D eigenvalue weighted by Crippen LogP contribution is 2.29. The Labute approximate surface area is 152 Å². The van der Waals surface area contributed by atoms with E-state index in [1.807, 2.05) is 0 Å². The summed E-state index contributed by atoms with van der Waals surface area (Å²) in [5.41, 5.74) is 2.13. The van der Waals surface area contributed by atoms with E-state index < -0.39 is 4.92 Å². The number of benzene rings is 2. The molecule has 2 aromatic rings. The molecule has 0 aliphatic carbocycles. The summed E-state index contributed by atoms with van der Waals surface area (Å²) in [4.78, 5) is 25.6. The van der Waals surface area contributed by atoms with Crippen LogP contribution in [-0.4, -0.2) is 23.9 Å². The van der Waals surface area contributed by atoms with E-state index in [0.717, 1.165) is 38.0 Å². The van der Waals surface area contributed by atoms with Crippen LogP contribution >= 0.6 is 0 Å². The molecule has 0 atom stereocenters. The van der Waals surface area contributed by atoms with Gasteiger partial charge in [-0.2, -0.15) is 0 Å². The van der Waals surface area contributed by atoms with Crippen molar-refractivity contribution >= 4 is 23.0 Å². The van der Waals surface area contributed by atoms with Crippen molar-refractivity contribution in [2.75, 3.05) is 23.3 Å². The van der Waals surface area contributed by atoms with Crippen molar-refractivity contribution in [1.29, 1.82) is 0 Å². The fourth-order valence-electron chi connectivity index (χ4n) is 3.12. The molecule has 0 bridgehead atoms. The largest absolute Gasteiger partial charge is 0.371 e. The lowest BCUT2D eigenvalue weighted by Gasteiger charge is -2.30. The molecule has 0 saturated carbocycles. The molecule has 0 aromatic heterocycles. The highest BCUT2D eigenvalue weighted by atomic mass is 16.6. The van der Waals surface area contributed by atoms with Gasteiger partial charge in [-0.25, -0.2) is 0 Å². The van der Waals surface area contributed by atoms with E-state index in [1.54, 1.807) is 30.3 Å². The van der Waals surface area contributed by atoms with Gasteiger partial charge in [0.1, 0.15) is 0 Å². The molecule has 0 spiro atoms. The van der Waals surface area contributed by atoms with Crippen molar-refractivity contribution in [2.24, 2.45) is 0 Å². The van der Waals surface area contributed by atoms with Crippen LogP contribution in [-0.2, 0) is 0 Å². The van der Waals surface area contributed by atoms with Crippen molar-refractivity contribution in [3.8, 4) is 12.3 Å². The lowest BCUT2D eigenvalue weighted by molar-refractivity contribution is -0.384. The van der Waals surface area contributed by atoms with Gasteiger partial charge in [-0.1, -0.05) is 12.0 Å². The Morgan fingerprint density at radius 3 is 2.62 bits per heavy atom. The minimum Gasteiger partial charge on any atom is -0.371 e. The highest BCUT2D eigenvalue weighted by Gasteiger charge is 2.22. The van der Waals surface area contributed by atoms with Gasteiger partial charge in [0.15, 0.2) is 0 Å². The Balaban J connectivity index is 1.94. The van der Waals surface area contributed by atoms with Crippen LogP contribution in [0.5, 0.6) is 0 Å². The molecule has 1 aliphatic heterocycles. The molecule has 2 aromatic carbocycles. The minimum atomic E-state index is -0.490. The summed E-state index contributed by atoms with van der Waals surface area (Å²) in [6.45, 7) is 1.68. The number of non-ortho nitro benzene ring substituents is 1. The molecule has 0 radical (unpaired) electrons. The van der Waals surface area contributed by atoms with Gasteiger partial charge in [-0.15, -0.1) is 6.42 Å². The predicted octanol–water partition coefficient (Wildman–Crippen LogP) is 3.82. The monoisotopic (exact) mass is 349 g/mol. The number of hydrogen-bond donors (Lipinski definition) is 1. The van der Waals surface area contributed by atoms with Crippen molar-refractivity contribution < 1.29 is 9.72 Å². The van der Waals surface area contributed by atoms with Crippen LogP contribution in [0.4, 0.5) is 17.1 Å². The van der Waals surface area contributed by atoms with Crippen LogP contribution in [0.15, 0.2) is 42.5 Å². The zero-order valence-electron chi connectivity index (χ0n) is 14.3. The van der Waals surface area contributed by atoms with Crippen LogP contribution in [0.1, 0.15) is 35.2 Å². The number of nitro benzene ring substituents is 1. The summed E-state index contributed by atoms with van der Waals surface area (Å²) in [6, 6.07) is 11.4. The number of piperidine rings is 1. The van der Waals surface area contributed by atoms with Gasteiger partial charge < -0.3 is 10.2 Å². The number of anilines is 2. The Bertz CT molecular complexity index is 880. The quantitative estimate of drug-likeness (QED) is 0.517. The van der Waals surface area contributed by atoms with Gasteiger partial charge in [-0.05, 0) is 43.5 Å². The second kappa shape index (κ2) is 7.70. The zero-order valence-corrected chi connectivity index (χ0v) is 14.3. The fourth-order valence-corrected chi connectivity index (χ4v) is 3.12. The van der Waals surface area contributed by atoms with Crippen molar-refractivity contribution in [3.05, 3.63) is 63.7 Å². The Hall–Kier alpha value is -3.33. The molecule has 1 fully saturated rings. The maximum absolute atomic E-state index is 12.8. The molecule has 1 aliphatic rings. The maximum Gasteiger partial charge on any atom is 0.270 e. The number of nitro groups is 1. The summed E-state index contributed by atoms with van der Waals surface area (Å²) in [5, 5.41) is 13.9. The molecule has 26 heavy (non-hydrogen) atoms. The molecule has 6 nitrogen and oxygen atoms in total. The average Bonchev–Trinajstić information content (AvgIpc) is 2.68. The second-order valence-electron chi connectivity index (χ2n) is 6.19. The number of amides is 1. The third kappa shape index (κ3) is 3.83. The smallest absolute Gasteiger partial charge is 0.270 e. The minimum absolute atomic E-state index is 0.103. The van der Waals surface area contributed by atoms with Gasteiger partial charge >= 0.3 is 0 Å². The van der Waals surface area contributed by atoms with E-state index in [2.05, 4.69) is 16.1 Å². The van der Waals surface area contributed by atoms with Gasteiger partial charge in [0, 0.05) is 36.5 Å².